The molecule has 0 bridgehead atoms. The fourth-order valence-corrected chi connectivity index (χ4v) is 3.78. The Morgan fingerprint density at radius 3 is 2.55 bits per heavy atom. The molecule has 0 aliphatic carbocycles. The first kappa shape index (κ1) is 22.5. The van der Waals surface area contributed by atoms with Gasteiger partial charge in [-0.15, -0.1) is 0 Å². The highest BCUT2D eigenvalue weighted by Gasteiger charge is 2.22. The van der Waals surface area contributed by atoms with E-state index >= 15 is 0 Å². The monoisotopic (exact) mass is 447 g/mol. The molecule has 1 aliphatic heterocycles. The van der Waals surface area contributed by atoms with Crippen molar-refractivity contribution in [3.63, 3.8) is 0 Å². The van der Waals surface area contributed by atoms with Gasteiger partial charge in [0, 0.05) is 49.4 Å². The summed E-state index contributed by atoms with van der Waals surface area (Å²) in [5.74, 6) is 0.154. The molecule has 1 fully saturated rings. The van der Waals surface area contributed by atoms with Crippen LogP contribution in [0.1, 0.15) is 16.1 Å². The standard InChI is InChI=1S/C24H25N5O4/c1-17-21(24(30)25-10-11-28-12-14-33-15-13-28)22(19-8-5-9-20(16-19)29(31)32)27-23(26-17)18-6-3-2-4-7-18/h2-9,16H,10-15H2,1H3,(H,25,30). The van der Waals surface area contributed by atoms with E-state index < -0.39 is 4.92 Å². The lowest BCUT2D eigenvalue weighted by molar-refractivity contribution is -0.384. The lowest BCUT2D eigenvalue weighted by Crippen LogP contribution is -2.41. The SMILES string of the molecule is Cc1nc(-c2ccccc2)nc(-c2cccc([N+](=O)[O-])c2)c1C(=O)NCCN1CCOCC1. The zero-order valence-corrected chi connectivity index (χ0v) is 18.4. The van der Waals surface area contributed by atoms with Gasteiger partial charge >= 0.3 is 0 Å². The molecule has 170 valence electrons. The van der Waals surface area contributed by atoms with Crippen LogP contribution in [0.2, 0.25) is 0 Å². The molecule has 0 radical (unpaired) electrons. The molecule has 0 spiro atoms. The van der Waals surface area contributed by atoms with Crippen LogP contribution in [-0.2, 0) is 4.74 Å². The van der Waals surface area contributed by atoms with Gasteiger partial charge in [0.15, 0.2) is 5.82 Å². The smallest absolute Gasteiger partial charge is 0.270 e. The van der Waals surface area contributed by atoms with Crippen LogP contribution in [0.15, 0.2) is 54.6 Å². The molecule has 2 heterocycles. The zero-order valence-electron chi connectivity index (χ0n) is 18.4. The number of hydrogen-bond acceptors (Lipinski definition) is 7. The molecule has 1 aromatic heterocycles. The van der Waals surface area contributed by atoms with Gasteiger partial charge in [-0.3, -0.25) is 19.8 Å². The number of nitro benzene ring substituents is 1. The molecule has 9 nitrogen and oxygen atoms in total. The van der Waals surface area contributed by atoms with Crippen molar-refractivity contribution in [1.82, 2.24) is 20.2 Å². The summed E-state index contributed by atoms with van der Waals surface area (Å²) < 4.78 is 5.36. The van der Waals surface area contributed by atoms with Crippen LogP contribution < -0.4 is 5.32 Å². The lowest BCUT2D eigenvalue weighted by Gasteiger charge is -2.26. The Hall–Kier alpha value is -3.69. The van der Waals surface area contributed by atoms with Gasteiger partial charge in [0.2, 0.25) is 0 Å². The number of amides is 1. The minimum absolute atomic E-state index is 0.0660. The summed E-state index contributed by atoms with van der Waals surface area (Å²) in [5.41, 5.74) is 2.42. The number of morpholine rings is 1. The predicted molar refractivity (Wildman–Crippen MR) is 124 cm³/mol. The Bertz CT molecular complexity index is 1150. The van der Waals surface area contributed by atoms with E-state index in [4.69, 9.17) is 4.74 Å². The molecule has 3 aromatic rings. The molecular weight excluding hydrogens is 422 g/mol. The van der Waals surface area contributed by atoms with Crippen molar-refractivity contribution in [2.45, 2.75) is 6.92 Å². The summed E-state index contributed by atoms with van der Waals surface area (Å²) in [4.78, 5) is 35.5. The van der Waals surface area contributed by atoms with Gasteiger partial charge in [-0.1, -0.05) is 42.5 Å². The van der Waals surface area contributed by atoms with Gasteiger partial charge in [0.1, 0.15) is 0 Å². The molecule has 2 aromatic carbocycles. The third-order valence-corrected chi connectivity index (χ3v) is 5.50. The molecule has 0 unspecified atom stereocenters. The molecule has 0 atom stereocenters. The van der Waals surface area contributed by atoms with Crippen molar-refractivity contribution in [3.8, 4) is 22.6 Å². The molecule has 33 heavy (non-hydrogen) atoms. The number of aryl methyl sites for hydroxylation is 1. The van der Waals surface area contributed by atoms with E-state index in [1.165, 1.54) is 12.1 Å². The van der Waals surface area contributed by atoms with E-state index in [1.807, 2.05) is 30.3 Å². The van der Waals surface area contributed by atoms with Gasteiger partial charge in [-0.05, 0) is 6.92 Å². The summed E-state index contributed by atoms with van der Waals surface area (Å²) in [6, 6.07) is 15.6. The van der Waals surface area contributed by atoms with Gasteiger partial charge in [-0.25, -0.2) is 9.97 Å². The van der Waals surface area contributed by atoms with Crippen molar-refractivity contribution in [2.75, 3.05) is 39.4 Å². The Morgan fingerprint density at radius 2 is 1.82 bits per heavy atom. The second kappa shape index (κ2) is 10.3. The van der Waals surface area contributed by atoms with Crippen molar-refractivity contribution in [1.29, 1.82) is 0 Å². The van der Waals surface area contributed by atoms with Crippen molar-refractivity contribution in [2.24, 2.45) is 0 Å². The van der Waals surface area contributed by atoms with E-state index in [9.17, 15) is 14.9 Å². The molecule has 9 heteroatoms. The maximum Gasteiger partial charge on any atom is 0.270 e. The second-order valence-corrected chi connectivity index (χ2v) is 7.74. The number of benzene rings is 2. The number of carbonyl (C=O) groups excluding carboxylic acids is 1. The minimum atomic E-state index is -0.461. The summed E-state index contributed by atoms with van der Waals surface area (Å²) in [6.45, 7) is 5.99. The van der Waals surface area contributed by atoms with Crippen LogP contribution in [0.3, 0.4) is 0 Å². The number of aromatic nitrogens is 2. The molecule has 1 saturated heterocycles. The first-order chi connectivity index (χ1) is 16.0. The van der Waals surface area contributed by atoms with Crippen LogP contribution in [0, 0.1) is 17.0 Å². The van der Waals surface area contributed by atoms with Gasteiger partial charge in [0.25, 0.3) is 11.6 Å². The summed E-state index contributed by atoms with van der Waals surface area (Å²) in [7, 11) is 0. The predicted octanol–water partition coefficient (Wildman–Crippen LogP) is 3.09. The van der Waals surface area contributed by atoms with E-state index in [1.54, 1.807) is 19.1 Å². The highest BCUT2D eigenvalue weighted by atomic mass is 16.6. The molecule has 0 saturated carbocycles. The van der Waals surface area contributed by atoms with Crippen LogP contribution in [-0.4, -0.2) is 65.1 Å². The molecule has 4 rings (SSSR count). The Kier molecular flexibility index (Phi) is 7.01. The average Bonchev–Trinajstić information content (AvgIpc) is 2.84. The van der Waals surface area contributed by atoms with Crippen LogP contribution in [0.5, 0.6) is 0 Å². The van der Waals surface area contributed by atoms with Crippen LogP contribution >= 0.6 is 0 Å². The fraction of sp³-hybridized carbons (Fsp3) is 0.292. The maximum absolute atomic E-state index is 13.2. The number of nitrogens with zero attached hydrogens (tertiary/aromatic N) is 4. The molecular formula is C24H25N5O4. The summed E-state index contributed by atoms with van der Waals surface area (Å²) in [6.07, 6.45) is 0. The highest BCUT2D eigenvalue weighted by molar-refractivity contribution is 6.01. The fourth-order valence-electron chi connectivity index (χ4n) is 3.78. The third kappa shape index (κ3) is 5.39. The number of carbonyl (C=O) groups is 1. The minimum Gasteiger partial charge on any atom is -0.379 e. The van der Waals surface area contributed by atoms with E-state index in [0.717, 1.165) is 18.7 Å². The number of ether oxygens (including phenoxy) is 1. The topological polar surface area (TPSA) is 110 Å². The van der Waals surface area contributed by atoms with Crippen molar-refractivity contribution in [3.05, 3.63) is 76.0 Å². The summed E-state index contributed by atoms with van der Waals surface area (Å²) in [5, 5.41) is 14.3. The Morgan fingerprint density at radius 1 is 1.09 bits per heavy atom. The third-order valence-electron chi connectivity index (χ3n) is 5.50. The normalized spacial score (nSPS) is 14.1. The number of nitrogens with one attached hydrogen (secondary N) is 1. The molecule has 1 N–H and O–H groups in total. The Balaban J connectivity index is 1.68. The van der Waals surface area contributed by atoms with Crippen molar-refractivity contribution >= 4 is 11.6 Å². The number of non-ortho nitro benzene ring substituents is 1. The Labute approximate surface area is 191 Å². The van der Waals surface area contributed by atoms with E-state index in [0.29, 0.717) is 54.6 Å². The van der Waals surface area contributed by atoms with Crippen LogP contribution in [0.25, 0.3) is 22.6 Å². The van der Waals surface area contributed by atoms with Crippen LogP contribution in [0.4, 0.5) is 5.69 Å². The number of nitro groups is 1. The maximum atomic E-state index is 13.2. The molecule has 1 aliphatic rings. The van der Waals surface area contributed by atoms with E-state index in [2.05, 4.69) is 20.2 Å². The largest absolute Gasteiger partial charge is 0.379 e. The number of hydrogen-bond donors (Lipinski definition) is 1. The first-order valence-electron chi connectivity index (χ1n) is 10.8. The second-order valence-electron chi connectivity index (χ2n) is 7.74. The van der Waals surface area contributed by atoms with Gasteiger partial charge in [0.05, 0.1) is 35.1 Å². The molecule has 1 amide bonds. The highest BCUT2D eigenvalue weighted by Crippen LogP contribution is 2.29. The average molecular weight is 447 g/mol. The van der Waals surface area contributed by atoms with Gasteiger partial charge in [-0.2, -0.15) is 0 Å². The summed E-state index contributed by atoms with van der Waals surface area (Å²) >= 11 is 0. The van der Waals surface area contributed by atoms with E-state index in [-0.39, 0.29) is 11.6 Å². The van der Waals surface area contributed by atoms with Crippen molar-refractivity contribution < 1.29 is 14.5 Å². The first-order valence-corrected chi connectivity index (χ1v) is 10.8. The zero-order chi connectivity index (χ0) is 23.2. The van der Waals surface area contributed by atoms with Gasteiger partial charge < -0.3 is 10.1 Å². The number of rotatable bonds is 7. The lowest BCUT2D eigenvalue weighted by atomic mass is 10.0. The quantitative estimate of drug-likeness (QED) is 0.438.